The van der Waals surface area contributed by atoms with Crippen LogP contribution in [0.1, 0.15) is 5.56 Å². The predicted molar refractivity (Wildman–Crippen MR) is 48.2 cm³/mol. The van der Waals surface area contributed by atoms with Gasteiger partial charge in [-0.25, -0.2) is 4.39 Å². The van der Waals surface area contributed by atoms with Gasteiger partial charge in [0.2, 0.25) is 0 Å². The van der Waals surface area contributed by atoms with E-state index in [2.05, 4.69) is 22.9 Å². The fraction of sp³-hybridized carbons (Fsp3) is 0.125. The minimum absolute atomic E-state index is 0.341. The van der Waals surface area contributed by atoms with E-state index < -0.39 is 0 Å². The van der Waals surface area contributed by atoms with E-state index in [0.29, 0.717) is 15.9 Å². The largest absolute Gasteiger partial charge is 0.206 e. The van der Waals surface area contributed by atoms with Crippen molar-refractivity contribution in [1.29, 1.82) is 0 Å². The molecule has 3 heteroatoms. The Hall–Kier alpha value is -0.0800. The molecule has 1 aromatic carbocycles. The van der Waals surface area contributed by atoms with Crippen LogP contribution in [0.5, 0.6) is 0 Å². The Morgan fingerprint density at radius 3 is 2.73 bits per heavy atom. The van der Waals surface area contributed by atoms with Crippen LogP contribution in [0.2, 0.25) is 5.02 Å². The third kappa shape index (κ3) is 1.94. The molecule has 0 spiro atoms. The van der Waals surface area contributed by atoms with E-state index in [1.54, 1.807) is 6.07 Å². The van der Waals surface area contributed by atoms with Gasteiger partial charge in [0.25, 0.3) is 0 Å². The van der Waals surface area contributed by atoms with Crippen molar-refractivity contribution in [2.45, 2.75) is 6.42 Å². The summed E-state index contributed by atoms with van der Waals surface area (Å²) in [6.45, 7) is 3.66. The van der Waals surface area contributed by atoms with Crippen molar-refractivity contribution in [3.63, 3.8) is 0 Å². The molecule has 0 amide bonds. The summed E-state index contributed by atoms with van der Waals surface area (Å²) in [5, 5.41) is 0.431. The second-order valence-corrected chi connectivity index (χ2v) is 3.37. The molecule has 0 saturated carbocycles. The van der Waals surface area contributed by atoms with E-state index in [-0.39, 0.29) is 5.82 Å². The summed E-state index contributed by atoms with van der Waals surface area (Å²) in [6, 6.07) is 2.93. The molecule has 0 atom stereocenters. The van der Waals surface area contributed by atoms with Gasteiger partial charge in [-0.15, -0.1) is 0 Å². The van der Waals surface area contributed by atoms with Crippen LogP contribution in [-0.4, -0.2) is 0 Å². The van der Waals surface area contributed by atoms with Crippen molar-refractivity contribution in [1.82, 2.24) is 0 Å². The van der Waals surface area contributed by atoms with Crippen LogP contribution in [0.4, 0.5) is 4.39 Å². The van der Waals surface area contributed by atoms with Crippen LogP contribution < -0.4 is 0 Å². The van der Waals surface area contributed by atoms with E-state index in [4.69, 9.17) is 11.6 Å². The summed E-state index contributed by atoms with van der Waals surface area (Å²) in [4.78, 5) is 0. The minimum Gasteiger partial charge on any atom is -0.206 e. The van der Waals surface area contributed by atoms with Gasteiger partial charge in [0.15, 0.2) is 0 Å². The summed E-state index contributed by atoms with van der Waals surface area (Å²) in [7, 11) is 0. The Kier molecular flexibility index (Phi) is 2.90. The number of halogens is 3. The van der Waals surface area contributed by atoms with Gasteiger partial charge in [-0.2, -0.15) is 0 Å². The van der Waals surface area contributed by atoms with E-state index in [1.165, 1.54) is 6.07 Å². The van der Waals surface area contributed by atoms with Gasteiger partial charge < -0.3 is 0 Å². The monoisotopic (exact) mass is 235 g/mol. The van der Waals surface area contributed by atoms with Crippen molar-refractivity contribution in [2.24, 2.45) is 0 Å². The smallest absolute Gasteiger partial charge is 0.138 e. The lowest BCUT2D eigenvalue weighted by atomic mass is 10.2. The van der Waals surface area contributed by atoms with E-state index in [1.807, 2.05) is 0 Å². The Bertz CT molecular complexity index is 273. The molecule has 1 rings (SSSR count). The number of rotatable bonds is 1. The van der Waals surface area contributed by atoms with Gasteiger partial charge in [-0.1, -0.05) is 11.6 Å². The molecule has 1 aromatic rings. The molecule has 0 N–H and O–H groups in total. The molecule has 0 aliphatic rings. The molecule has 0 nitrogen and oxygen atoms in total. The highest BCUT2D eigenvalue weighted by Crippen LogP contribution is 2.24. The Balaban J connectivity index is 3.21. The van der Waals surface area contributed by atoms with Gasteiger partial charge in [0.1, 0.15) is 5.82 Å². The van der Waals surface area contributed by atoms with Gasteiger partial charge in [0, 0.05) is 5.02 Å². The lowest BCUT2D eigenvalue weighted by molar-refractivity contribution is 0.620. The number of hydrogen-bond donors (Lipinski definition) is 0. The van der Waals surface area contributed by atoms with E-state index in [0.717, 1.165) is 5.56 Å². The maximum atomic E-state index is 12.7. The van der Waals surface area contributed by atoms with Crippen LogP contribution in [0.15, 0.2) is 16.6 Å². The Labute approximate surface area is 78.5 Å². The maximum absolute atomic E-state index is 12.7. The zero-order valence-corrected chi connectivity index (χ0v) is 8.04. The molecule has 59 valence electrons. The Morgan fingerprint density at radius 2 is 2.18 bits per heavy atom. The first kappa shape index (κ1) is 9.01. The molecule has 0 bridgehead atoms. The summed E-state index contributed by atoms with van der Waals surface area (Å²) in [6.07, 6.45) is 0.567. The summed E-state index contributed by atoms with van der Waals surface area (Å²) >= 11 is 8.76. The molecular weight excluding hydrogens is 230 g/mol. The molecule has 1 radical (unpaired) electrons. The maximum Gasteiger partial charge on any atom is 0.138 e. The molecule has 0 unspecified atom stereocenters. The van der Waals surface area contributed by atoms with Crippen LogP contribution in [-0.2, 0) is 6.42 Å². The van der Waals surface area contributed by atoms with Crippen LogP contribution in [0, 0.1) is 12.7 Å². The lowest BCUT2D eigenvalue weighted by Gasteiger charge is -2.01. The van der Waals surface area contributed by atoms with Gasteiger partial charge >= 0.3 is 0 Å². The molecule has 0 heterocycles. The minimum atomic E-state index is -0.341. The van der Waals surface area contributed by atoms with Gasteiger partial charge in [0.05, 0.1) is 4.47 Å². The summed E-state index contributed by atoms with van der Waals surface area (Å²) < 4.78 is 13.2. The highest BCUT2D eigenvalue weighted by Gasteiger charge is 2.04. The first-order valence-electron chi connectivity index (χ1n) is 3.08. The molecule has 0 aliphatic heterocycles. The molecule has 0 fully saturated rings. The zero-order valence-electron chi connectivity index (χ0n) is 5.70. The van der Waals surface area contributed by atoms with E-state index >= 15 is 0 Å². The summed E-state index contributed by atoms with van der Waals surface area (Å²) in [5.74, 6) is -0.341. The molecule has 11 heavy (non-hydrogen) atoms. The zero-order chi connectivity index (χ0) is 8.43. The SMILES string of the molecule is [CH2]Cc1cc(Br)c(F)cc1Cl. The van der Waals surface area contributed by atoms with Gasteiger partial charge in [-0.3, -0.25) is 0 Å². The van der Waals surface area contributed by atoms with Crippen molar-refractivity contribution >= 4 is 27.5 Å². The second kappa shape index (κ2) is 3.55. The van der Waals surface area contributed by atoms with Crippen LogP contribution >= 0.6 is 27.5 Å². The fourth-order valence-electron chi connectivity index (χ4n) is 0.755. The summed E-state index contributed by atoms with van der Waals surface area (Å²) in [5.41, 5.74) is 0.847. The average Bonchev–Trinajstić information content (AvgIpc) is 1.97. The highest BCUT2D eigenvalue weighted by molar-refractivity contribution is 9.10. The van der Waals surface area contributed by atoms with Crippen LogP contribution in [0.3, 0.4) is 0 Å². The van der Waals surface area contributed by atoms with Crippen LogP contribution in [0.25, 0.3) is 0 Å². The lowest BCUT2D eigenvalue weighted by Crippen LogP contribution is -1.85. The molecular formula is C8H6BrClF. The van der Waals surface area contributed by atoms with Crippen molar-refractivity contribution in [2.75, 3.05) is 0 Å². The average molecular weight is 236 g/mol. The topological polar surface area (TPSA) is 0 Å². The fourth-order valence-corrected chi connectivity index (χ4v) is 1.39. The predicted octanol–water partition coefficient (Wildman–Crippen LogP) is 3.62. The first-order valence-corrected chi connectivity index (χ1v) is 4.25. The third-order valence-electron chi connectivity index (χ3n) is 1.36. The standard InChI is InChI=1S/C8H6BrClF/c1-2-5-3-6(9)8(11)4-7(5)10/h3-4H,1-2H2. The second-order valence-electron chi connectivity index (χ2n) is 2.11. The van der Waals surface area contributed by atoms with E-state index in [9.17, 15) is 4.39 Å². The quantitative estimate of drug-likeness (QED) is 0.653. The third-order valence-corrected chi connectivity index (χ3v) is 2.32. The first-order chi connectivity index (χ1) is 5.15. The normalized spacial score (nSPS) is 10.2. The molecule has 0 saturated heterocycles. The highest BCUT2D eigenvalue weighted by atomic mass is 79.9. The molecule has 0 aliphatic carbocycles. The van der Waals surface area contributed by atoms with Crippen molar-refractivity contribution < 1.29 is 4.39 Å². The number of hydrogen-bond acceptors (Lipinski definition) is 0. The van der Waals surface area contributed by atoms with Crippen molar-refractivity contribution in [3.8, 4) is 0 Å². The molecule has 0 aromatic heterocycles. The van der Waals surface area contributed by atoms with Gasteiger partial charge in [-0.05, 0) is 47.0 Å². The number of benzene rings is 1. The Morgan fingerprint density at radius 1 is 1.55 bits per heavy atom. The van der Waals surface area contributed by atoms with Crippen molar-refractivity contribution in [3.05, 3.63) is 39.9 Å².